The maximum Gasteiger partial charge on any atom is 0.170 e. The lowest BCUT2D eigenvalue weighted by Crippen LogP contribution is -2.17. The number of benzene rings is 1. The second-order valence-corrected chi connectivity index (χ2v) is 4.07. The number of ether oxygens (including phenoxy) is 2. The lowest BCUT2D eigenvalue weighted by atomic mass is 10.1. The summed E-state index contributed by atoms with van der Waals surface area (Å²) in [6.45, 7) is 3.33. The summed E-state index contributed by atoms with van der Waals surface area (Å²) >= 11 is 0. The first kappa shape index (κ1) is 11.7. The van der Waals surface area contributed by atoms with Gasteiger partial charge in [-0.3, -0.25) is 0 Å². The van der Waals surface area contributed by atoms with Crippen molar-refractivity contribution in [2.45, 2.75) is 19.4 Å². The largest absolute Gasteiger partial charge is 0.488 e. The highest BCUT2D eigenvalue weighted by atomic mass is 16.5. The molecule has 1 heterocycles. The minimum absolute atomic E-state index is 0.101. The fourth-order valence-corrected chi connectivity index (χ4v) is 1.78. The third-order valence-corrected chi connectivity index (χ3v) is 2.76. The maximum absolute atomic E-state index is 8.59. The van der Waals surface area contributed by atoms with Crippen LogP contribution in [0, 0.1) is 6.92 Å². The fraction of sp³-hybridized carbons (Fsp3) is 0.417. The van der Waals surface area contributed by atoms with Crippen molar-refractivity contribution in [1.29, 1.82) is 0 Å². The predicted octanol–water partition coefficient (Wildman–Crippen LogP) is 1.26. The van der Waals surface area contributed by atoms with Crippen LogP contribution in [0.4, 0.5) is 0 Å². The molecule has 1 fully saturated rings. The van der Waals surface area contributed by atoms with Gasteiger partial charge in [-0.25, -0.2) is 0 Å². The molecule has 0 saturated carbocycles. The van der Waals surface area contributed by atoms with Crippen LogP contribution in [-0.2, 0) is 4.74 Å². The van der Waals surface area contributed by atoms with Gasteiger partial charge in [0, 0.05) is 12.0 Å². The second-order valence-electron chi connectivity index (χ2n) is 4.07. The number of oxime groups is 1. The van der Waals surface area contributed by atoms with Gasteiger partial charge in [0.15, 0.2) is 5.84 Å². The van der Waals surface area contributed by atoms with Crippen molar-refractivity contribution in [1.82, 2.24) is 0 Å². The van der Waals surface area contributed by atoms with E-state index < -0.39 is 0 Å². The van der Waals surface area contributed by atoms with Crippen LogP contribution in [0.1, 0.15) is 17.5 Å². The molecule has 1 saturated heterocycles. The Hall–Kier alpha value is -1.75. The van der Waals surface area contributed by atoms with Crippen molar-refractivity contribution >= 4 is 5.84 Å². The summed E-state index contributed by atoms with van der Waals surface area (Å²) in [5, 5.41) is 11.6. The molecule has 0 spiro atoms. The van der Waals surface area contributed by atoms with Crippen molar-refractivity contribution in [3.05, 3.63) is 29.3 Å². The quantitative estimate of drug-likeness (QED) is 0.358. The number of amidine groups is 1. The third-order valence-electron chi connectivity index (χ3n) is 2.76. The number of rotatable bonds is 3. The van der Waals surface area contributed by atoms with Crippen LogP contribution in [0.3, 0.4) is 0 Å². The Bertz CT molecular complexity index is 426. The van der Waals surface area contributed by atoms with Crippen molar-refractivity contribution in [2.24, 2.45) is 10.9 Å². The Kier molecular flexibility index (Phi) is 3.49. The number of aryl methyl sites for hydroxylation is 1. The molecular weight excluding hydrogens is 220 g/mol. The Morgan fingerprint density at radius 2 is 2.41 bits per heavy atom. The number of nitrogens with two attached hydrogens (primary N) is 1. The molecular formula is C12H16N2O3. The van der Waals surface area contributed by atoms with E-state index in [9.17, 15) is 0 Å². The highest BCUT2D eigenvalue weighted by Crippen LogP contribution is 2.22. The number of hydrogen-bond donors (Lipinski definition) is 2. The minimum Gasteiger partial charge on any atom is -0.488 e. The number of nitrogens with zero attached hydrogens (tertiary/aromatic N) is 1. The van der Waals surface area contributed by atoms with Gasteiger partial charge in [-0.1, -0.05) is 5.16 Å². The standard InChI is InChI=1S/C12H16N2O3/c1-8-6-9(12(13)14-15)2-3-11(8)17-10-4-5-16-7-10/h2-3,6,10,15H,4-5,7H2,1H3,(H2,13,14)/t10-/m1/s1. The molecule has 1 aromatic carbocycles. The van der Waals surface area contributed by atoms with Crippen LogP contribution in [-0.4, -0.2) is 30.4 Å². The van der Waals surface area contributed by atoms with Gasteiger partial charge in [-0.05, 0) is 30.7 Å². The van der Waals surface area contributed by atoms with E-state index in [0.29, 0.717) is 12.2 Å². The van der Waals surface area contributed by atoms with Crippen LogP contribution in [0.25, 0.3) is 0 Å². The summed E-state index contributed by atoms with van der Waals surface area (Å²) in [5.74, 6) is 0.916. The molecule has 3 N–H and O–H groups in total. The van der Waals surface area contributed by atoms with E-state index in [0.717, 1.165) is 24.3 Å². The van der Waals surface area contributed by atoms with E-state index in [1.807, 2.05) is 19.1 Å². The average molecular weight is 236 g/mol. The molecule has 0 amide bonds. The summed E-state index contributed by atoms with van der Waals surface area (Å²) < 4.78 is 11.1. The molecule has 17 heavy (non-hydrogen) atoms. The zero-order chi connectivity index (χ0) is 12.3. The molecule has 5 nitrogen and oxygen atoms in total. The minimum atomic E-state index is 0.101. The molecule has 0 aliphatic carbocycles. The summed E-state index contributed by atoms with van der Waals surface area (Å²) in [6.07, 6.45) is 1.05. The Labute approximate surface area is 99.8 Å². The molecule has 5 heteroatoms. The Morgan fingerprint density at radius 3 is 3.00 bits per heavy atom. The van der Waals surface area contributed by atoms with Crippen molar-refractivity contribution < 1.29 is 14.7 Å². The van der Waals surface area contributed by atoms with E-state index in [1.54, 1.807) is 6.07 Å². The van der Waals surface area contributed by atoms with E-state index in [2.05, 4.69) is 5.16 Å². The predicted molar refractivity (Wildman–Crippen MR) is 63.5 cm³/mol. The maximum atomic E-state index is 8.59. The average Bonchev–Trinajstić information content (AvgIpc) is 2.83. The molecule has 1 aromatic rings. The molecule has 0 radical (unpaired) electrons. The van der Waals surface area contributed by atoms with Gasteiger partial charge in [0.25, 0.3) is 0 Å². The first-order chi connectivity index (χ1) is 8.20. The highest BCUT2D eigenvalue weighted by molar-refractivity contribution is 5.97. The van der Waals surface area contributed by atoms with Crippen LogP contribution >= 0.6 is 0 Å². The molecule has 0 unspecified atom stereocenters. The molecule has 1 aliphatic rings. The van der Waals surface area contributed by atoms with E-state index in [4.69, 9.17) is 20.4 Å². The summed E-state index contributed by atoms with van der Waals surface area (Å²) in [6, 6.07) is 5.44. The Balaban J connectivity index is 2.13. The number of hydrogen-bond acceptors (Lipinski definition) is 4. The lowest BCUT2D eigenvalue weighted by Gasteiger charge is -2.14. The van der Waals surface area contributed by atoms with E-state index in [-0.39, 0.29) is 11.9 Å². The monoisotopic (exact) mass is 236 g/mol. The SMILES string of the molecule is Cc1cc(/C(N)=N/O)ccc1O[C@@H]1CCOC1. The zero-order valence-corrected chi connectivity index (χ0v) is 9.72. The van der Waals surface area contributed by atoms with Crippen LogP contribution in [0.5, 0.6) is 5.75 Å². The Morgan fingerprint density at radius 1 is 1.59 bits per heavy atom. The topological polar surface area (TPSA) is 77.1 Å². The molecule has 92 valence electrons. The van der Waals surface area contributed by atoms with E-state index >= 15 is 0 Å². The van der Waals surface area contributed by atoms with Gasteiger partial charge >= 0.3 is 0 Å². The molecule has 0 aromatic heterocycles. The molecule has 2 rings (SSSR count). The van der Waals surface area contributed by atoms with E-state index in [1.165, 1.54) is 0 Å². The highest BCUT2D eigenvalue weighted by Gasteiger charge is 2.18. The fourth-order valence-electron chi connectivity index (χ4n) is 1.78. The third kappa shape index (κ3) is 2.68. The normalized spacial score (nSPS) is 20.5. The van der Waals surface area contributed by atoms with Crippen molar-refractivity contribution in [3.8, 4) is 5.75 Å². The summed E-state index contributed by atoms with van der Waals surface area (Å²) in [4.78, 5) is 0. The molecule has 1 atom stereocenters. The van der Waals surface area contributed by atoms with Crippen LogP contribution in [0.2, 0.25) is 0 Å². The van der Waals surface area contributed by atoms with Gasteiger partial charge in [0.05, 0.1) is 13.2 Å². The molecule has 0 bridgehead atoms. The first-order valence-corrected chi connectivity index (χ1v) is 5.53. The van der Waals surface area contributed by atoms with Gasteiger partial charge in [-0.2, -0.15) is 0 Å². The second kappa shape index (κ2) is 5.05. The van der Waals surface area contributed by atoms with Crippen molar-refractivity contribution in [2.75, 3.05) is 13.2 Å². The van der Waals surface area contributed by atoms with Crippen LogP contribution in [0.15, 0.2) is 23.4 Å². The molecule has 1 aliphatic heterocycles. The first-order valence-electron chi connectivity index (χ1n) is 5.53. The van der Waals surface area contributed by atoms with Crippen molar-refractivity contribution in [3.63, 3.8) is 0 Å². The van der Waals surface area contributed by atoms with Gasteiger partial charge in [0.2, 0.25) is 0 Å². The zero-order valence-electron chi connectivity index (χ0n) is 9.72. The summed E-state index contributed by atoms with van der Waals surface area (Å²) in [5.41, 5.74) is 7.16. The van der Waals surface area contributed by atoms with Gasteiger partial charge in [-0.15, -0.1) is 0 Å². The van der Waals surface area contributed by atoms with Crippen LogP contribution < -0.4 is 10.5 Å². The van der Waals surface area contributed by atoms with Gasteiger partial charge < -0.3 is 20.4 Å². The van der Waals surface area contributed by atoms with Gasteiger partial charge in [0.1, 0.15) is 11.9 Å². The smallest absolute Gasteiger partial charge is 0.170 e. The summed E-state index contributed by atoms with van der Waals surface area (Å²) in [7, 11) is 0. The lowest BCUT2D eigenvalue weighted by molar-refractivity contribution is 0.141.